The molecule has 1 aliphatic heterocycles. The van der Waals surface area contributed by atoms with E-state index in [0.29, 0.717) is 16.6 Å². The van der Waals surface area contributed by atoms with Gasteiger partial charge in [0.15, 0.2) is 5.17 Å². The molecule has 0 aliphatic carbocycles. The lowest BCUT2D eigenvalue weighted by molar-refractivity contribution is -0.122. The van der Waals surface area contributed by atoms with Crippen LogP contribution in [0.25, 0.3) is 6.08 Å². The Hall–Kier alpha value is -3.31. The molecule has 29 heavy (non-hydrogen) atoms. The number of para-hydroxylation sites is 1. The third-order valence-corrected chi connectivity index (χ3v) is 5.47. The van der Waals surface area contributed by atoms with Crippen LogP contribution in [0.5, 0.6) is 5.75 Å². The summed E-state index contributed by atoms with van der Waals surface area (Å²) in [4.78, 5) is 20.3. The van der Waals surface area contributed by atoms with Crippen molar-refractivity contribution in [2.75, 3.05) is 7.11 Å². The van der Waals surface area contributed by atoms with Crippen LogP contribution in [0, 0.1) is 0 Å². The van der Waals surface area contributed by atoms with Crippen LogP contribution in [0.2, 0.25) is 0 Å². The van der Waals surface area contributed by atoms with E-state index in [9.17, 15) is 4.79 Å². The van der Waals surface area contributed by atoms with E-state index in [1.54, 1.807) is 12.0 Å². The zero-order valence-electron chi connectivity index (χ0n) is 16.0. The smallest absolute Gasteiger partial charge is 0.267 e. The van der Waals surface area contributed by atoms with Crippen molar-refractivity contribution in [2.24, 2.45) is 4.99 Å². The van der Waals surface area contributed by atoms with Gasteiger partial charge in [0.05, 0.1) is 24.2 Å². The maximum atomic E-state index is 13.2. The first-order valence-electron chi connectivity index (χ1n) is 9.26. The average Bonchev–Trinajstić information content (AvgIpc) is 3.04. The first-order chi connectivity index (χ1) is 14.2. The first-order valence-corrected chi connectivity index (χ1v) is 10.1. The van der Waals surface area contributed by atoms with Crippen molar-refractivity contribution in [3.63, 3.8) is 0 Å². The van der Waals surface area contributed by atoms with E-state index in [1.165, 1.54) is 11.8 Å². The van der Waals surface area contributed by atoms with E-state index in [1.807, 2.05) is 91.0 Å². The molecule has 0 atom stereocenters. The highest BCUT2D eigenvalue weighted by Gasteiger charge is 2.33. The number of amidine groups is 1. The second-order valence-electron chi connectivity index (χ2n) is 6.49. The molecule has 0 radical (unpaired) electrons. The molecule has 0 N–H and O–H groups in total. The number of carbonyl (C=O) groups is 1. The Bertz CT molecular complexity index is 1050. The molecule has 4 rings (SSSR count). The van der Waals surface area contributed by atoms with Gasteiger partial charge in [-0.3, -0.25) is 9.69 Å². The lowest BCUT2D eigenvalue weighted by Gasteiger charge is -2.15. The zero-order chi connectivity index (χ0) is 20.1. The Balaban J connectivity index is 1.67. The fourth-order valence-corrected chi connectivity index (χ4v) is 3.96. The van der Waals surface area contributed by atoms with E-state index in [2.05, 4.69) is 0 Å². The monoisotopic (exact) mass is 400 g/mol. The minimum absolute atomic E-state index is 0.0376. The van der Waals surface area contributed by atoms with Gasteiger partial charge in [-0.25, -0.2) is 4.99 Å². The van der Waals surface area contributed by atoms with E-state index in [4.69, 9.17) is 9.73 Å². The molecular weight excluding hydrogens is 380 g/mol. The lowest BCUT2D eigenvalue weighted by atomic mass is 10.2. The molecule has 0 aromatic heterocycles. The van der Waals surface area contributed by atoms with Crippen LogP contribution >= 0.6 is 11.8 Å². The molecule has 1 aliphatic rings. The van der Waals surface area contributed by atoms with Gasteiger partial charge in [0.25, 0.3) is 5.91 Å². The predicted molar refractivity (Wildman–Crippen MR) is 119 cm³/mol. The Labute approximate surface area is 174 Å². The summed E-state index contributed by atoms with van der Waals surface area (Å²) in [6, 6.07) is 27.3. The number of hydrogen-bond acceptors (Lipinski definition) is 4. The highest BCUT2D eigenvalue weighted by Crippen LogP contribution is 2.35. The molecule has 0 spiro atoms. The van der Waals surface area contributed by atoms with Crippen LogP contribution in [-0.4, -0.2) is 23.1 Å². The van der Waals surface area contributed by atoms with Crippen molar-refractivity contribution in [1.82, 2.24) is 4.90 Å². The van der Waals surface area contributed by atoms with E-state index in [-0.39, 0.29) is 5.91 Å². The van der Waals surface area contributed by atoms with Gasteiger partial charge in [-0.15, -0.1) is 0 Å². The van der Waals surface area contributed by atoms with Crippen LogP contribution in [0.4, 0.5) is 5.69 Å². The largest absolute Gasteiger partial charge is 0.497 e. The second kappa shape index (κ2) is 8.80. The number of benzene rings is 3. The minimum atomic E-state index is -0.0376. The lowest BCUT2D eigenvalue weighted by Crippen LogP contribution is -2.28. The fraction of sp³-hybridized carbons (Fsp3) is 0.0833. The topological polar surface area (TPSA) is 41.9 Å². The molecule has 5 heteroatoms. The van der Waals surface area contributed by atoms with E-state index in [0.717, 1.165) is 22.6 Å². The third kappa shape index (κ3) is 4.58. The number of hydrogen-bond donors (Lipinski definition) is 0. The molecule has 4 nitrogen and oxygen atoms in total. The molecule has 1 saturated heterocycles. The quantitative estimate of drug-likeness (QED) is 0.531. The maximum absolute atomic E-state index is 13.2. The van der Waals surface area contributed by atoms with E-state index >= 15 is 0 Å². The molecule has 0 saturated carbocycles. The number of ether oxygens (including phenoxy) is 1. The van der Waals surface area contributed by atoms with Crippen molar-refractivity contribution in [3.8, 4) is 5.75 Å². The van der Waals surface area contributed by atoms with Crippen molar-refractivity contribution in [1.29, 1.82) is 0 Å². The normalized spacial score (nSPS) is 16.6. The summed E-state index contributed by atoms with van der Waals surface area (Å²) in [6.07, 6.45) is 1.90. The zero-order valence-corrected chi connectivity index (χ0v) is 16.8. The van der Waals surface area contributed by atoms with Gasteiger partial charge in [-0.2, -0.15) is 0 Å². The molecule has 1 fully saturated rings. The summed E-state index contributed by atoms with van der Waals surface area (Å²) < 4.78 is 5.21. The van der Waals surface area contributed by atoms with Gasteiger partial charge in [0.2, 0.25) is 0 Å². The second-order valence-corrected chi connectivity index (χ2v) is 7.50. The molecule has 1 heterocycles. The number of nitrogens with zero attached hydrogens (tertiary/aromatic N) is 2. The molecule has 0 unspecified atom stereocenters. The van der Waals surface area contributed by atoms with Gasteiger partial charge in [0, 0.05) is 0 Å². The Morgan fingerprint density at radius 1 is 0.931 bits per heavy atom. The number of rotatable bonds is 5. The number of thioether (sulfide) groups is 1. The predicted octanol–water partition coefficient (Wildman–Crippen LogP) is 5.50. The molecular formula is C24H20N2O2S. The highest BCUT2D eigenvalue weighted by atomic mass is 32.2. The van der Waals surface area contributed by atoms with E-state index < -0.39 is 0 Å². The van der Waals surface area contributed by atoms with Gasteiger partial charge >= 0.3 is 0 Å². The van der Waals surface area contributed by atoms with Crippen molar-refractivity contribution in [2.45, 2.75) is 6.54 Å². The maximum Gasteiger partial charge on any atom is 0.267 e. The Morgan fingerprint density at radius 2 is 1.59 bits per heavy atom. The number of amides is 1. The molecule has 3 aromatic rings. The molecule has 0 bridgehead atoms. The van der Waals surface area contributed by atoms with Crippen LogP contribution in [0.15, 0.2) is 94.8 Å². The number of aliphatic imine (C=N–C) groups is 1. The van der Waals surface area contributed by atoms with Crippen LogP contribution in [0.1, 0.15) is 11.1 Å². The van der Waals surface area contributed by atoms with Crippen LogP contribution in [0.3, 0.4) is 0 Å². The summed E-state index contributed by atoms with van der Waals surface area (Å²) in [7, 11) is 1.64. The summed E-state index contributed by atoms with van der Waals surface area (Å²) >= 11 is 1.40. The van der Waals surface area contributed by atoms with Gasteiger partial charge < -0.3 is 4.74 Å². The summed E-state index contributed by atoms with van der Waals surface area (Å²) in [5, 5.41) is 0.685. The van der Waals surface area contributed by atoms with Crippen LogP contribution < -0.4 is 4.74 Å². The Kier molecular flexibility index (Phi) is 5.77. The molecule has 3 aromatic carbocycles. The Morgan fingerprint density at radius 3 is 2.24 bits per heavy atom. The summed E-state index contributed by atoms with van der Waals surface area (Å²) in [5.74, 6) is 0.749. The van der Waals surface area contributed by atoms with Crippen molar-refractivity contribution in [3.05, 3.63) is 101 Å². The van der Waals surface area contributed by atoms with Crippen molar-refractivity contribution < 1.29 is 9.53 Å². The van der Waals surface area contributed by atoms with Crippen LogP contribution in [-0.2, 0) is 11.3 Å². The molecule has 1 amide bonds. The van der Waals surface area contributed by atoms with Gasteiger partial charge in [-0.1, -0.05) is 60.7 Å². The van der Waals surface area contributed by atoms with Gasteiger partial charge in [-0.05, 0) is 53.2 Å². The summed E-state index contributed by atoms with van der Waals surface area (Å²) in [5.41, 5.74) is 2.83. The number of methoxy groups -OCH3 is 1. The highest BCUT2D eigenvalue weighted by molar-refractivity contribution is 8.18. The average molecular weight is 401 g/mol. The van der Waals surface area contributed by atoms with Gasteiger partial charge in [0.1, 0.15) is 5.75 Å². The molecule has 144 valence electrons. The van der Waals surface area contributed by atoms with Crippen molar-refractivity contribution >= 4 is 34.6 Å². The third-order valence-electron chi connectivity index (χ3n) is 4.47. The summed E-state index contributed by atoms with van der Waals surface area (Å²) in [6.45, 7) is 0.484. The fourth-order valence-electron chi connectivity index (χ4n) is 2.96. The standard InChI is InChI=1S/C24H20N2O2S/c1-28-21-14-12-18(13-15-21)16-22-23(27)26(17-19-8-4-2-5-9-19)24(29-22)25-20-10-6-3-7-11-20/h2-16H,17H2,1H3. The minimum Gasteiger partial charge on any atom is -0.497 e. The SMILES string of the molecule is COc1ccc(C=C2SC(=Nc3ccccc3)N(Cc3ccccc3)C2=O)cc1. The first kappa shape index (κ1) is 19.0. The number of carbonyl (C=O) groups excluding carboxylic acids is 1.